The summed E-state index contributed by atoms with van der Waals surface area (Å²) in [7, 11) is 0. The summed E-state index contributed by atoms with van der Waals surface area (Å²) in [6, 6.07) is 8.65. The Morgan fingerprint density at radius 1 is 1.22 bits per heavy atom. The summed E-state index contributed by atoms with van der Waals surface area (Å²) in [6.45, 7) is 12.4. The van der Waals surface area contributed by atoms with Crippen LogP contribution in [0.3, 0.4) is 0 Å². The summed E-state index contributed by atoms with van der Waals surface area (Å²) in [5, 5.41) is 9.12. The highest BCUT2D eigenvalue weighted by molar-refractivity contribution is 6.09. The van der Waals surface area contributed by atoms with Gasteiger partial charge in [0, 0.05) is 32.4 Å². The fraction of sp³-hybridized carbons (Fsp3) is 0.370. The highest BCUT2D eigenvalue weighted by Crippen LogP contribution is 2.34. The number of hydrogen-bond donors (Lipinski definition) is 1. The number of pyridine rings is 1. The van der Waals surface area contributed by atoms with Crippen molar-refractivity contribution in [1.82, 2.24) is 9.88 Å². The molecule has 0 atom stereocenters. The average molecular weight is 426 g/mol. The molecule has 5 nitrogen and oxygen atoms in total. The molecule has 5 heteroatoms. The molecule has 164 valence electrons. The van der Waals surface area contributed by atoms with Crippen LogP contribution in [0.5, 0.6) is 0 Å². The minimum Gasteiger partial charge on any atom is -0.329 e. The van der Waals surface area contributed by atoms with E-state index >= 15 is 0 Å². The number of allylic oxidation sites excluding steroid dienone is 2. The van der Waals surface area contributed by atoms with E-state index in [4.69, 9.17) is 11.0 Å². The predicted octanol–water partition coefficient (Wildman–Crippen LogP) is 3.76. The second-order valence-corrected chi connectivity index (χ2v) is 8.79. The van der Waals surface area contributed by atoms with E-state index in [1.54, 1.807) is 6.20 Å². The van der Waals surface area contributed by atoms with Gasteiger partial charge in [-0.1, -0.05) is 18.7 Å². The third-order valence-corrected chi connectivity index (χ3v) is 6.62. The van der Waals surface area contributed by atoms with Crippen molar-refractivity contribution in [2.75, 3.05) is 32.7 Å². The van der Waals surface area contributed by atoms with Gasteiger partial charge in [0.05, 0.1) is 23.5 Å². The van der Waals surface area contributed by atoms with Crippen LogP contribution in [0.1, 0.15) is 45.5 Å². The Balaban J connectivity index is 1.41. The number of benzene rings is 1. The molecule has 0 amide bonds. The minimum atomic E-state index is 0.608. The van der Waals surface area contributed by atoms with Crippen molar-refractivity contribution in [2.24, 2.45) is 10.7 Å². The minimum absolute atomic E-state index is 0.608. The fourth-order valence-electron chi connectivity index (χ4n) is 4.69. The fourth-order valence-corrected chi connectivity index (χ4v) is 4.69. The first kappa shape index (κ1) is 22.1. The number of aliphatic imine (C=N–C) groups is 1. The standard InChI is InChI=1S/C27H31N5/c1-18-4-6-25-20(3)22(5-7-24(18)25)8-10-32(11-9-28)17-21-13-27(30-15-21)26-12-19(2)23(14-29)16-31-26/h5,7,12-13,16H,1,4,6,8-11,15,17,28H2,2-3H3. The number of nitriles is 1. The average Bonchev–Trinajstić information content (AvgIpc) is 3.40. The second-order valence-electron chi connectivity index (χ2n) is 8.79. The van der Waals surface area contributed by atoms with Crippen molar-refractivity contribution in [2.45, 2.75) is 33.1 Å². The van der Waals surface area contributed by atoms with Gasteiger partial charge in [0.1, 0.15) is 6.07 Å². The van der Waals surface area contributed by atoms with Crippen LogP contribution in [0.15, 0.2) is 47.6 Å². The van der Waals surface area contributed by atoms with Gasteiger partial charge < -0.3 is 5.73 Å². The van der Waals surface area contributed by atoms with Crippen molar-refractivity contribution >= 4 is 11.3 Å². The SMILES string of the molecule is C=C1CCc2c1ccc(CCN(CCN)CC1=CC(c3cc(C)c(C#N)cn3)=NC1)c2C. The van der Waals surface area contributed by atoms with Crippen LogP contribution in [0.4, 0.5) is 0 Å². The van der Waals surface area contributed by atoms with Gasteiger partial charge in [0.25, 0.3) is 0 Å². The summed E-state index contributed by atoms with van der Waals surface area (Å²) < 4.78 is 0. The number of fused-ring (bicyclic) bond motifs is 1. The van der Waals surface area contributed by atoms with E-state index in [-0.39, 0.29) is 0 Å². The number of nitrogens with zero attached hydrogens (tertiary/aromatic N) is 4. The molecule has 0 radical (unpaired) electrons. The van der Waals surface area contributed by atoms with Gasteiger partial charge in [0.2, 0.25) is 0 Å². The van der Waals surface area contributed by atoms with E-state index in [0.717, 1.165) is 55.9 Å². The van der Waals surface area contributed by atoms with Crippen LogP contribution in [0, 0.1) is 25.2 Å². The zero-order valence-electron chi connectivity index (χ0n) is 19.1. The molecule has 2 aromatic rings. The highest BCUT2D eigenvalue weighted by Gasteiger charge is 2.19. The third kappa shape index (κ3) is 4.57. The highest BCUT2D eigenvalue weighted by atomic mass is 15.1. The molecule has 32 heavy (non-hydrogen) atoms. The summed E-state index contributed by atoms with van der Waals surface area (Å²) in [5.74, 6) is 0. The molecule has 2 heterocycles. The van der Waals surface area contributed by atoms with Crippen molar-refractivity contribution in [1.29, 1.82) is 5.26 Å². The van der Waals surface area contributed by atoms with E-state index in [1.807, 2.05) is 13.0 Å². The van der Waals surface area contributed by atoms with Gasteiger partial charge in [-0.2, -0.15) is 5.26 Å². The Morgan fingerprint density at radius 3 is 2.81 bits per heavy atom. The molecule has 4 rings (SSSR count). The monoisotopic (exact) mass is 425 g/mol. The van der Waals surface area contributed by atoms with Crippen LogP contribution in [-0.2, 0) is 12.8 Å². The smallest absolute Gasteiger partial charge is 0.101 e. The van der Waals surface area contributed by atoms with Crippen molar-refractivity contribution < 1.29 is 0 Å². The van der Waals surface area contributed by atoms with Gasteiger partial charge in [-0.3, -0.25) is 14.9 Å². The Morgan fingerprint density at radius 2 is 2.06 bits per heavy atom. The van der Waals surface area contributed by atoms with E-state index in [0.29, 0.717) is 18.7 Å². The van der Waals surface area contributed by atoms with Crippen molar-refractivity contribution in [3.8, 4) is 6.07 Å². The zero-order chi connectivity index (χ0) is 22.7. The summed E-state index contributed by atoms with van der Waals surface area (Å²) in [5.41, 5.74) is 17.4. The molecule has 0 spiro atoms. The molecule has 0 saturated heterocycles. The molecule has 1 aliphatic heterocycles. The number of rotatable bonds is 8. The molecule has 1 aromatic carbocycles. The molecule has 0 bridgehead atoms. The number of aromatic nitrogens is 1. The number of nitrogens with two attached hydrogens (primary N) is 1. The first-order chi connectivity index (χ1) is 15.5. The van der Waals surface area contributed by atoms with Gasteiger partial charge in [0.15, 0.2) is 0 Å². The third-order valence-electron chi connectivity index (χ3n) is 6.62. The Hall–Kier alpha value is -3.07. The lowest BCUT2D eigenvalue weighted by Gasteiger charge is -2.23. The summed E-state index contributed by atoms with van der Waals surface area (Å²) in [4.78, 5) is 11.5. The Kier molecular flexibility index (Phi) is 6.64. The van der Waals surface area contributed by atoms with E-state index in [1.165, 1.54) is 33.4 Å². The quantitative estimate of drug-likeness (QED) is 0.698. The lowest BCUT2D eigenvalue weighted by Crippen LogP contribution is -2.33. The Labute approximate surface area is 191 Å². The molecule has 1 aromatic heterocycles. The largest absolute Gasteiger partial charge is 0.329 e. The number of aryl methyl sites for hydroxylation is 1. The molecular formula is C27H31N5. The molecule has 2 N–H and O–H groups in total. The van der Waals surface area contributed by atoms with E-state index < -0.39 is 0 Å². The second kappa shape index (κ2) is 9.60. The molecular weight excluding hydrogens is 394 g/mol. The van der Waals surface area contributed by atoms with E-state index in [9.17, 15) is 0 Å². The topological polar surface area (TPSA) is 78.3 Å². The van der Waals surface area contributed by atoms with Gasteiger partial charge in [-0.15, -0.1) is 0 Å². The van der Waals surface area contributed by atoms with Crippen molar-refractivity contribution in [3.05, 3.63) is 81.7 Å². The van der Waals surface area contributed by atoms with Crippen LogP contribution < -0.4 is 5.73 Å². The first-order valence-electron chi connectivity index (χ1n) is 11.3. The molecule has 2 aliphatic rings. The van der Waals surface area contributed by atoms with Crippen LogP contribution >= 0.6 is 0 Å². The first-order valence-corrected chi connectivity index (χ1v) is 11.3. The normalized spacial score (nSPS) is 15.0. The molecule has 0 fully saturated rings. The molecule has 0 unspecified atom stereocenters. The zero-order valence-corrected chi connectivity index (χ0v) is 19.1. The summed E-state index contributed by atoms with van der Waals surface area (Å²) in [6.07, 6.45) is 7.00. The number of hydrogen-bond acceptors (Lipinski definition) is 5. The van der Waals surface area contributed by atoms with Crippen LogP contribution in [0.25, 0.3) is 5.57 Å². The maximum Gasteiger partial charge on any atom is 0.101 e. The lowest BCUT2D eigenvalue weighted by atomic mass is 9.96. The van der Waals surface area contributed by atoms with Gasteiger partial charge >= 0.3 is 0 Å². The molecule has 1 aliphatic carbocycles. The Bertz CT molecular complexity index is 1150. The summed E-state index contributed by atoms with van der Waals surface area (Å²) >= 11 is 0. The van der Waals surface area contributed by atoms with Crippen LogP contribution in [-0.4, -0.2) is 48.3 Å². The van der Waals surface area contributed by atoms with E-state index in [2.05, 4.69) is 52.7 Å². The predicted molar refractivity (Wildman–Crippen MR) is 131 cm³/mol. The van der Waals surface area contributed by atoms with Gasteiger partial charge in [-0.05, 0) is 84.2 Å². The maximum absolute atomic E-state index is 9.12. The van der Waals surface area contributed by atoms with Crippen molar-refractivity contribution in [3.63, 3.8) is 0 Å². The lowest BCUT2D eigenvalue weighted by molar-refractivity contribution is 0.307. The molecule has 0 saturated carbocycles. The maximum atomic E-state index is 9.12. The van der Waals surface area contributed by atoms with Gasteiger partial charge in [-0.25, -0.2) is 0 Å². The van der Waals surface area contributed by atoms with Crippen LogP contribution in [0.2, 0.25) is 0 Å².